The third-order valence-electron chi connectivity index (χ3n) is 4.47. The fraction of sp³-hybridized carbons (Fsp3) is 0.944. The molecule has 24 heavy (non-hydrogen) atoms. The van der Waals surface area contributed by atoms with E-state index in [-0.39, 0.29) is 17.2 Å². The van der Waals surface area contributed by atoms with Gasteiger partial charge in [0.25, 0.3) is 0 Å². The van der Waals surface area contributed by atoms with Gasteiger partial charge in [0.05, 0.1) is 0 Å². The second-order valence-corrected chi connectivity index (χ2v) is 13.9. The molecule has 0 aromatic carbocycles. The minimum absolute atomic E-state index is 0.0289. The van der Waals surface area contributed by atoms with E-state index in [1.807, 2.05) is 27.7 Å². The summed E-state index contributed by atoms with van der Waals surface area (Å²) in [5, 5.41) is 0.197. The molecule has 1 unspecified atom stereocenters. The zero-order valence-electron chi connectivity index (χ0n) is 17.4. The van der Waals surface area contributed by atoms with Crippen molar-refractivity contribution in [3.8, 4) is 0 Å². The summed E-state index contributed by atoms with van der Waals surface area (Å²) in [5.74, 6) is 0. The molecule has 0 rings (SSSR count). The lowest BCUT2D eigenvalue weighted by atomic mass is 10.2. The quantitative estimate of drug-likeness (QED) is 0.515. The van der Waals surface area contributed by atoms with E-state index in [2.05, 4.69) is 33.9 Å². The highest BCUT2D eigenvalue weighted by atomic mass is 28.4. The van der Waals surface area contributed by atoms with Gasteiger partial charge in [0, 0.05) is 25.7 Å². The number of nitrogens with zero attached hydrogens (tertiary/aromatic N) is 1. The Morgan fingerprint density at radius 2 is 1.71 bits per heavy atom. The van der Waals surface area contributed by atoms with Crippen molar-refractivity contribution in [3.63, 3.8) is 0 Å². The summed E-state index contributed by atoms with van der Waals surface area (Å²) in [6, 6.07) is -0.0289. The summed E-state index contributed by atoms with van der Waals surface area (Å²) in [4.78, 5) is 14.1. The monoisotopic (exact) mass is 360 g/mol. The van der Waals surface area contributed by atoms with Gasteiger partial charge < -0.3 is 19.8 Å². The Morgan fingerprint density at radius 1 is 1.17 bits per heavy atom. The van der Waals surface area contributed by atoms with Crippen LogP contribution >= 0.6 is 0 Å². The molecule has 0 aliphatic heterocycles. The van der Waals surface area contributed by atoms with Crippen molar-refractivity contribution in [2.75, 3.05) is 19.7 Å². The van der Waals surface area contributed by atoms with Crippen molar-refractivity contribution in [1.82, 2.24) is 4.90 Å². The molecule has 1 amide bonds. The number of nitrogens with two attached hydrogens (primary N) is 1. The lowest BCUT2D eigenvalue weighted by Crippen LogP contribution is -2.45. The van der Waals surface area contributed by atoms with Crippen LogP contribution in [-0.2, 0) is 9.16 Å². The van der Waals surface area contributed by atoms with Gasteiger partial charge >= 0.3 is 6.09 Å². The first-order valence-electron chi connectivity index (χ1n) is 9.07. The second kappa shape index (κ2) is 9.20. The molecule has 144 valence electrons. The summed E-state index contributed by atoms with van der Waals surface area (Å²) < 4.78 is 11.7. The highest BCUT2D eigenvalue weighted by Crippen LogP contribution is 2.36. The molecule has 6 heteroatoms. The van der Waals surface area contributed by atoms with Gasteiger partial charge in [-0.1, -0.05) is 27.7 Å². The summed E-state index contributed by atoms with van der Waals surface area (Å²) in [6.07, 6.45) is 1.33. The summed E-state index contributed by atoms with van der Waals surface area (Å²) in [5.41, 5.74) is 5.54. The zero-order chi connectivity index (χ0) is 19.2. The highest BCUT2D eigenvalue weighted by molar-refractivity contribution is 6.74. The third-order valence-corrected chi connectivity index (χ3v) is 9.01. The Balaban J connectivity index is 4.60. The molecular formula is C18H40N2O3Si. The molecule has 0 saturated carbocycles. The van der Waals surface area contributed by atoms with Gasteiger partial charge in [-0.05, 0) is 51.7 Å². The number of carbonyl (C=O) groups is 1. The molecule has 2 N–H and O–H groups in total. The minimum Gasteiger partial charge on any atom is -0.444 e. The van der Waals surface area contributed by atoms with E-state index in [0.29, 0.717) is 19.7 Å². The van der Waals surface area contributed by atoms with Gasteiger partial charge in [-0.15, -0.1) is 0 Å². The first-order chi connectivity index (χ1) is 10.7. The molecule has 0 spiro atoms. The molecule has 0 aromatic heterocycles. The Bertz CT molecular complexity index is 387. The average molecular weight is 361 g/mol. The highest BCUT2D eigenvalue weighted by Gasteiger charge is 2.36. The minimum atomic E-state index is -1.74. The number of ether oxygens (including phenoxy) is 1. The molecule has 1 atom stereocenters. The number of hydrogen-bond acceptors (Lipinski definition) is 4. The number of carbonyl (C=O) groups excluding carboxylic acids is 1. The number of hydrogen-bond donors (Lipinski definition) is 1. The van der Waals surface area contributed by atoms with Crippen molar-refractivity contribution < 1.29 is 14.0 Å². The van der Waals surface area contributed by atoms with Crippen molar-refractivity contribution in [2.24, 2.45) is 5.73 Å². The SMILES string of the molecule is CCC(N)CN(CCCO[Si](C)(C)C(C)(C)C)C(=O)OC(C)(C)C. The standard InChI is InChI=1S/C18H40N2O3Si/c1-10-15(19)14-20(16(21)23-17(2,3)4)12-11-13-22-24(8,9)18(5,6)7/h15H,10-14,19H2,1-9H3. The van der Waals surface area contributed by atoms with E-state index in [0.717, 1.165) is 12.8 Å². The maximum absolute atomic E-state index is 12.4. The zero-order valence-corrected chi connectivity index (χ0v) is 18.4. The van der Waals surface area contributed by atoms with Crippen LogP contribution in [0.15, 0.2) is 0 Å². The van der Waals surface area contributed by atoms with Crippen molar-refractivity contribution in [3.05, 3.63) is 0 Å². The fourth-order valence-electron chi connectivity index (χ4n) is 1.80. The van der Waals surface area contributed by atoms with E-state index >= 15 is 0 Å². The predicted molar refractivity (Wildman–Crippen MR) is 104 cm³/mol. The van der Waals surface area contributed by atoms with E-state index in [4.69, 9.17) is 14.9 Å². The third kappa shape index (κ3) is 9.04. The Kier molecular flexibility index (Phi) is 8.97. The smallest absolute Gasteiger partial charge is 0.410 e. The van der Waals surface area contributed by atoms with Gasteiger partial charge in [-0.25, -0.2) is 4.79 Å². The van der Waals surface area contributed by atoms with E-state index < -0.39 is 13.9 Å². The van der Waals surface area contributed by atoms with Crippen molar-refractivity contribution >= 4 is 14.4 Å². The van der Waals surface area contributed by atoms with Crippen molar-refractivity contribution in [2.45, 2.75) is 91.1 Å². The molecule has 0 heterocycles. The van der Waals surface area contributed by atoms with E-state index in [9.17, 15) is 4.79 Å². The maximum Gasteiger partial charge on any atom is 0.410 e. The molecule has 0 aliphatic carbocycles. The van der Waals surface area contributed by atoms with Gasteiger partial charge in [0.1, 0.15) is 5.60 Å². The summed E-state index contributed by atoms with van der Waals surface area (Å²) >= 11 is 0. The van der Waals surface area contributed by atoms with E-state index in [1.54, 1.807) is 4.90 Å². The summed E-state index contributed by atoms with van der Waals surface area (Å²) in [6.45, 7) is 20.6. The Labute approximate surface area is 150 Å². The average Bonchev–Trinajstić information content (AvgIpc) is 2.38. The van der Waals surface area contributed by atoms with Gasteiger partial charge in [-0.2, -0.15) is 0 Å². The predicted octanol–water partition coefficient (Wildman–Crippen LogP) is 4.37. The first kappa shape index (κ1) is 23.4. The van der Waals surface area contributed by atoms with Crippen LogP contribution in [0.4, 0.5) is 4.79 Å². The van der Waals surface area contributed by atoms with Crippen LogP contribution in [0, 0.1) is 0 Å². The van der Waals surface area contributed by atoms with Crippen molar-refractivity contribution in [1.29, 1.82) is 0 Å². The Hall–Kier alpha value is -0.593. The van der Waals surface area contributed by atoms with Gasteiger partial charge in [0.15, 0.2) is 8.32 Å². The lowest BCUT2D eigenvalue weighted by Gasteiger charge is -2.36. The topological polar surface area (TPSA) is 64.8 Å². The van der Waals surface area contributed by atoms with Crippen LogP contribution in [-0.4, -0.2) is 50.6 Å². The fourth-order valence-corrected chi connectivity index (χ4v) is 2.88. The van der Waals surface area contributed by atoms with E-state index in [1.165, 1.54) is 0 Å². The van der Waals surface area contributed by atoms with Gasteiger partial charge in [0.2, 0.25) is 0 Å². The van der Waals surface area contributed by atoms with Crippen LogP contribution in [0.25, 0.3) is 0 Å². The van der Waals surface area contributed by atoms with Gasteiger partial charge in [-0.3, -0.25) is 0 Å². The number of rotatable bonds is 8. The van der Waals surface area contributed by atoms with Crippen LogP contribution in [0.3, 0.4) is 0 Å². The van der Waals surface area contributed by atoms with Crippen LogP contribution in [0.5, 0.6) is 0 Å². The number of amides is 1. The molecule has 0 aromatic rings. The molecule has 0 aliphatic rings. The maximum atomic E-state index is 12.4. The lowest BCUT2D eigenvalue weighted by molar-refractivity contribution is 0.0229. The largest absolute Gasteiger partial charge is 0.444 e. The molecule has 0 saturated heterocycles. The van der Waals surface area contributed by atoms with Crippen LogP contribution in [0.1, 0.15) is 61.3 Å². The van der Waals surface area contributed by atoms with Crippen LogP contribution < -0.4 is 5.73 Å². The molecule has 0 fully saturated rings. The summed E-state index contributed by atoms with van der Waals surface area (Å²) in [7, 11) is -1.74. The molecule has 0 bridgehead atoms. The first-order valence-corrected chi connectivity index (χ1v) is 12.0. The molecule has 0 radical (unpaired) electrons. The van der Waals surface area contributed by atoms with Crippen LogP contribution in [0.2, 0.25) is 18.1 Å². The molecular weight excluding hydrogens is 320 g/mol. The second-order valence-electron chi connectivity index (χ2n) is 9.06. The Morgan fingerprint density at radius 3 is 2.12 bits per heavy atom. The molecule has 5 nitrogen and oxygen atoms in total. The normalized spacial score (nSPS) is 14.4.